The van der Waals surface area contributed by atoms with Crippen LogP contribution in [0.3, 0.4) is 0 Å². The van der Waals surface area contributed by atoms with Gasteiger partial charge in [-0.15, -0.1) is 0 Å². The van der Waals surface area contributed by atoms with Gasteiger partial charge in [0.05, 0.1) is 18.6 Å². The summed E-state index contributed by atoms with van der Waals surface area (Å²) < 4.78 is 7.34. The first-order valence-corrected chi connectivity index (χ1v) is 7.31. The third kappa shape index (κ3) is 5.63. The average molecular weight is 281 g/mol. The first-order valence-electron chi connectivity index (χ1n) is 7.31. The van der Waals surface area contributed by atoms with Crippen molar-refractivity contribution in [1.29, 1.82) is 0 Å². The zero-order valence-corrected chi connectivity index (χ0v) is 13.3. The van der Waals surface area contributed by atoms with Crippen molar-refractivity contribution in [3.05, 3.63) is 18.2 Å². The van der Waals surface area contributed by atoms with E-state index in [2.05, 4.69) is 28.7 Å². The molecule has 1 unspecified atom stereocenters. The van der Waals surface area contributed by atoms with E-state index < -0.39 is 11.7 Å². The zero-order valence-electron chi connectivity index (χ0n) is 13.3. The SMILES string of the molecule is CCCCC(C)n1cncc1CNC(=O)OC(C)(C)C. The molecule has 114 valence electrons. The van der Waals surface area contributed by atoms with Gasteiger partial charge in [-0.1, -0.05) is 19.8 Å². The molecule has 1 amide bonds. The average Bonchev–Trinajstić information content (AvgIpc) is 2.79. The number of carbonyl (C=O) groups is 1. The van der Waals surface area contributed by atoms with E-state index in [1.807, 2.05) is 27.1 Å². The minimum Gasteiger partial charge on any atom is -0.444 e. The van der Waals surface area contributed by atoms with Gasteiger partial charge in [0.2, 0.25) is 0 Å². The maximum atomic E-state index is 11.6. The third-order valence-electron chi connectivity index (χ3n) is 3.01. The van der Waals surface area contributed by atoms with E-state index in [4.69, 9.17) is 4.74 Å². The number of carbonyl (C=O) groups excluding carboxylic acids is 1. The summed E-state index contributed by atoms with van der Waals surface area (Å²) >= 11 is 0. The van der Waals surface area contributed by atoms with E-state index in [0.29, 0.717) is 12.6 Å². The maximum Gasteiger partial charge on any atom is 0.407 e. The highest BCUT2D eigenvalue weighted by atomic mass is 16.6. The first-order chi connectivity index (χ1) is 9.33. The van der Waals surface area contributed by atoms with Gasteiger partial charge in [-0.05, 0) is 34.1 Å². The van der Waals surface area contributed by atoms with Gasteiger partial charge in [0.15, 0.2) is 0 Å². The predicted octanol–water partition coefficient (Wildman–Crippen LogP) is 3.66. The van der Waals surface area contributed by atoms with Crippen molar-refractivity contribution in [2.24, 2.45) is 0 Å². The maximum absolute atomic E-state index is 11.6. The van der Waals surface area contributed by atoms with Gasteiger partial charge in [0.1, 0.15) is 5.60 Å². The standard InChI is InChI=1S/C15H27N3O2/c1-6-7-8-12(2)18-11-16-9-13(18)10-17-14(19)20-15(3,4)5/h9,11-12H,6-8,10H2,1-5H3,(H,17,19). The number of hydrogen-bond donors (Lipinski definition) is 1. The number of nitrogens with one attached hydrogen (secondary N) is 1. The lowest BCUT2D eigenvalue weighted by Gasteiger charge is -2.20. The van der Waals surface area contributed by atoms with Gasteiger partial charge in [-0.25, -0.2) is 9.78 Å². The fourth-order valence-corrected chi connectivity index (χ4v) is 1.98. The number of amides is 1. The normalized spacial score (nSPS) is 13.1. The lowest BCUT2D eigenvalue weighted by molar-refractivity contribution is 0.0522. The van der Waals surface area contributed by atoms with Gasteiger partial charge in [-0.3, -0.25) is 0 Å². The van der Waals surface area contributed by atoms with Crippen molar-refractivity contribution in [2.45, 2.75) is 72.1 Å². The summed E-state index contributed by atoms with van der Waals surface area (Å²) in [6.45, 7) is 10.3. The molecule has 1 aromatic rings. The molecule has 1 N–H and O–H groups in total. The second-order valence-electron chi connectivity index (χ2n) is 6.14. The Bertz CT molecular complexity index is 421. The van der Waals surface area contributed by atoms with Crippen molar-refractivity contribution in [2.75, 3.05) is 0 Å². The van der Waals surface area contributed by atoms with Crippen molar-refractivity contribution in [3.8, 4) is 0 Å². The van der Waals surface area contributed by atoms with Crippen LogP contribution in [0, 0.1) is 0 Å². The van der Waals surface area contributed by atoms with Crippen molar-refractivity contribution >= 4 is 6.09 Å². The van der Waals surface area contributed by atoms with Crippen LogP contribution in [0.25, 0.3) is 0 Å². The fourth-order valence-electron chi connectivity index (χ4n) is 1.98. The molecule has 1 atom stereocenters. The molecule has 0 radical (unpaired) electrons. The van der Waals surface area contributed by atoms with Gasteiger partial charge in [0.25, 0.3) is 0 Å². The molecule has 0 saturated carbocycles. The van der Waals surface area contributed by atoms with Crippen LogP contribution in [0.2, 0.25) is 0 Å². The molecule has 20 heavy (non-hydrogen) atoms. The summed E-state index contributed by atoms with van der Waals surface area (Å²) in [6, 6.07) is 0.396. The number of hydrogen-bond acceptors (Lipinski definition) is 3. The smallest absolute Gasteiger partial charge is 0.407 e. The Morgan fingerprint density at radius 1 is 1.50 bits per heavy atom. The second-order valence-corrected chi connectivity index (χ2v) is 6.14. The van der Waals surface area contributed by atoms with Crippen LogP contribution in [0.5, 0.6) is 0 Å². The van der Waals surface area contributed by atoms with E-state index in [0.717, 1.165) is 12.1 Å². The van der Waals surface area contributed by atoms with Crippen molar-refractivity contribution in [1.82, 2.24) is 14.9 Å². The number of ether oxygens (including phenoxy) is 1. The minimum atomic E-state index is -0.473. The molecule has 0 spiro atoms. The molecule has 1 rings (SSSR count). The Balaban J connectivity index is 2.53. The van der Waals surface area contributed by atoms with Crippen LogP contribution in [0.4, 0.5) is 4.79 Å². The van der Waals surface area contributed by atoms with Crippen LogP contribution >= 0.6 is 0 Å². The Kier molecular flexibility index (Phi) is 6.05. The molecule has 1 heterocycles. The summed E-state index contributed by atoms with van der Waals surface area (Å²) in [4.78, 5) is 15.8. The molecule has 0 aliphatic carbocycles. The summed E-state index contributed by atoms with van der Waals surface area (Å²) in [5, 5.41) is 2.77. The summed E-state index contributed by atoms with van der Waals surface area (Å²) in [5.41, 5.74) is 0.526. The van der Waals surface area contributed by atoms with Crippen LogP contribution < -0.4 is 5.32 Å². The zero-order chi connectivity index (χ0) is 15.2. The topological polar surface area (TPSA) is 56.2 Å². The molecule has 0 fully saturated rings. The third-order valence-corrected chi connectivity index (χ3v) is 3.01. The number of nitrogens with zero attached hydrogens (tertiary/aromatic N) is 2. The van der Waals surface area contributed by atoms with Crippen LogP contribution in [-0.4, -0.2) is 21.2 Å². The van der Waals surface area contributed by atoms with Crippen LogP contribution in [0.1, 0.15) is 65.6 Å². The van der Waals surface area contributed by atoms with Crippen molar-refractivity contribution in [3.63, 3.8) is 0 Å². The monoisotopic (exact) mass is 281 g/mol. The summed E-state index contributed by atoms with van der Waals surface area (Å²) in [7, 11) is 0. The van der Waals surface area contributed by atoms with E-state index in [9.17, 15) is 4.79 Å². The second kappa shape index (κ2) is 7.31. The number of aromatic nitrogens is 2. The highest BCUT2D eigenvalue weighted by molar-refractivity contribution is 5.67. The Morgan fingerprint density at radius 3 is 2.80 bits per heavy atom. The summed E-state index contributed by atoms with van der Waals surface area (Å²) in [5.74, 6) is 0. The lowest BCUT2D eigenvalue weighted by Crippen LogP contribution is -2.32. The van der Waals surface area contributed by atoms with Crippen LogP contribution in [0.15, 0.2) is 12.5 Å². The largest absolute Gasteiger partial charge is 0.444 e. The Labute approximate surface area is 121 Å². The highest BCUT2D eigenvalue weighted by Gasteiger charge is 2.16. The van der Waals surface area contributed by atoms with Gasteiger partial charge in [0, 0.05) is 12.2 Å². The predicted molar refractivity (Wildman–Crippen MR) is 79.5 cm³/mol. The molecule has 5 heteroatoms. The fraction of sp³-hybridized carbons (Fsp3) is 0.733. The lowest BCUT2D eigenvalue weighted by atomic mass is 10.1. The van der Waals surface area contributed by atoms with Crippen molar-refractivity contribution < 1.29 is 9.53 Å². The molecule has 0 bridgehead atoms. The van der Waals surface area contributed by atoms with E-state index in [1.165, 1.54) is 12.8 Å². The molecule has 0 aliphatic rings. The highest BCUT2D eigenvalue weighted by Crippen LogP contribution is 2.16. The Hall–Kier alpha value is -1.52. The quantitative estimate of drug-likeness (QED) is 0.865. The first kappa shape index (κ1) is 16.5. The van der Waals surface area contributed by atoms with Gasteiger partial charge < -0.3 is 14.6 Å². The van der Waals surface area contributed by atoms with Gasteiger partial charge >= 0.3 is 6.09 Å². The number of unbranched alkanes of at least 4 members (excludes halogenated alkanes) is 1. The Morgan fingerprint density at radius 2 is 2.20 bits per heavy atom. The molecular formula is C15H27N3O2. The van der Waals surface area contributed by atoms with E-state index in [-0.39, 0.29) is 0 Å². The minimum absolute atomic E-state index is 0.396. The summed E-state index contributed by atoms with van der Waals surface area (Å²) in [6.07, 6.45) is 6.72. The number of alkyl carbamates (subject to hydrolysis) is 1. The molecule has 0 aliphatic heterocycles. The van der Waals surface area contributed by atoms with Gasteiger partial charge in [-0.2, -0.15) is 0 Å². The van der Waals surface area contributed by atoms with Crippen LogP contribution in [-0.2, 0) is 11.3 Å². The number of imidazole rings is 1. The molecule has 5 nitrogen and oxygen atoms in total. The van der Waals surface area contributed by atoms with E-state index >= 15 is 0 Å². The molecule has 0 saturated heterocycles. The molecule has 0 aromatic carbocycles. The van der Waals surface area contributed by atoms with E-state index in [1.54, 1.807) is 6.20 Å². The molecule has 1 aromatic heterocycles. The molecular weight excluding hydrogens is 254 g/mol. The number of rotatable bonds is 6.